The molecule has 1 fully saturated rings. The van der Waals surface area contributed by atoms with Gasteiger partial charge in [0.25, 0.3) is 0 Å². The molecule has 1 saturated heterocycles. The summed E-state index contributed by atoms with van der Waals surface area (Å²) in [7, 11) is 0. The number of nitrogens with zero attached hydrogens (tertiary/aromatic N) is 1. The minimum atomic E-state index is -0.0521. The fourth-order valence-electron chi connectivity index (χ4n) is 1.35. The van der Waals surface area contributed by atoms with Crippen molar-refractivity contribution in [1.82, 2.24) is 0 Å². The molecule has 0 aliphatic carbocycles. The monoisotopic (exact) mass is 174 g/mol. The summed E-state index contributed by atoms with van der Waals surface area (Å²) >= 11 is 1.88. The van der Waals surface area contributed by atoms with Crippen LogP contribution < -0.4 is 0 Å². The van der Waals surface area contributed by atoms with Gasteiger partial charge in [-0.15, -0.1) is 0 Å². The smallest absolute Gasteiger partial charge is 0.0887 e. The summed E-state index contributed by atoms with van der Waals surface area (Å²) in [6.45, 7) is 7.45. The Morgan fingerprint density at radius 2 is 2.09 bits per heavy atom. The van der Waals surface area contributed by atoms with Crippen LogP contribution in [0.3, 0.4) is 0 Å². The van der Waals surface area contributed by atoms with Crippen LogP contribution in [-0.2, 0) is 0 Å². The maximum absolute atomic E-state index is 11.9. The van der Waals surface area contributed by atoms with E-state index in [1.54, 1.807) is 0 Å². The first kappa shape index (κ1) is 9.36. The zero-order chi connectivity index (χ0) is 8.32. The standard InChI is InChI=1S/C8H16NOS/c1-3-8(2)9(10)4-6-11-7-5-9/h8H,2-7H2,1H3. The summed E-state index contributed by atoms with van der Waals surface area (Å²) in [5.41, 5.74) is 0. The number of hydrogen-bond acceptors (Lipinski definition) is 2. The molecule has 1 heterocycles. The zero-order valence-electron chi connectivity index (χ0n) is 7.08. The Hall–Kier alpha value is 0.270. The van der Waals surface area contributed by atoms with Crippen LogP contribution in [-0.4, -0.2) is 35.3 Å². The van der Waals surface area contributed by atoms with Crippen LogP contribution in [0.25, 0.3) is 0 Å². The average Bonchev–Trinajstić information content (AvgIpc) is 2.04. The van der Waals surface area contributed by atoms with E-state index in [1.807, 2.05) is 18.7 Å². The number of hydroxylamine groups is 3. The van der Waals surface area contributed by atoms with Crippen LogP contribution >= 0.6 is 11.8 Å². The summed E-state index contributed by atoms with van der Waals surface area (Å²) in [5, 5.41) is 11.9. The molecule has 1 radical (unpaired) electrons. The van der Waals surface area contributed by atoms with Crippen LogP contribution in [0.5, 0.6) is 0 Å². The SMILES string of the molecule is [CH2]C(CC)[N+]1([O-])CCSCC1. The third-order valence-electron chi connectivity index (χ3n) is 2.36. The van der Waals surface area contributed by atoms with Crippen molar-refractivity contribution >= 4 is 11.8 Å². The van der Waals surface area contributed by atoms with Crippen molar-refractivity contribution in [3.63, 3.8) is 0 Å². The van der Waals surface area contributed by atoms with Gasteiger partial charge in [0.15, 0.2) is 0 Å². The molecule has 0 aromatic carbocycles. The topological polar surface area (TPSA) is 23.1 Å². The van der Waals surface area contributed by atoms with Gasteiger partial charge in [-0.2, -0.15) is 11.8 Å². The number of rotatable bonds is 2. The lowest BCUT2D eigenvalue weighted by atomic mass is 10.2. The van der Waals surface area contributed by atoms with Gasteiger partial charge >= 0.3 is 0 Å². The first-order valence-electron chi connectivity index (χ1n) is 4.17. The van der Waals surface area contributed by atoms with E-state index in [4.69, 9.17) is 0 Å². The lowest BCUT2D eigenvalue weighted by molar-refractivity contribution is -0.896. The molecule has 0 saturated carbocycles. The van der Waals surface area contributed by atoms with Crippen LogP contribution in [0.2, 0.25) is 0 Å². The normalized spacial score (nSPS) is 26.5. The fourth-order valence-corrected chi connectivity index (χ4v) is 2.43. The Labute approximate surface area is 73.1 Å². The summed E-state index contributed by atoms with van der Waals surface area (Å²) in [4.78, 5) is 0. The van der Waals surface area contributed by atoms with Crippen molar-refractivity contribution in [3.05, 3.63) is 12.1 Å². The highest BCUT2D eigenvalue weighted by Crippen LogP contribution is 2.21. The van der Waals surface area contributed by atoms with Crippen molar-refractivity contribution in [3.8, 4) is 0 Å². The lowest BCUT2D eigenvalue weighted by Gasteiger charge is -2.49. The highest BCUT2D eigenvalue weighted by molar-refractivity contribution is 7.99. The molecule has 0 spiro atoms. The highest BCUT2D eigenvalue weighted by atomic mass is 32.2. The van der Waals surface area contributed by atoms with Gasteiger partial charge in [-0.25, -0.2) is 0 Å². The van der Waals surface area contributed by atoms with E-state index in [0.717, 1.165) is 31.0 Å². The van der Waals surface area contributed by atoms with Crippen molar-refractivity contribution in [2.75, 3.05) is 24.6 Å². The van der Waals surface area contributed by atoms with Gasteiger partial charge in [0.05, 0.1) is 19.1 Å². The Morgan fingerprint density at radius 1 is 1.55 bits per heavy atom. The predicted octanol–water partition coefficient (Wildman–Crippen LogP) is 1.66. The van der Waals surface area contributed by atoms with Gasteiger partial charge in [-0.1, -0.05) is 6.92 Å². The minimum Gasteiger partial charge on any atom is -0.633 e. The Kier molecular flexibility index (Phi) is 3.22. The van der Waals surface area contributed by atoms with Crippen molar-refractivity contribution in [2.45, 2.75) is 19.4 Å². The first-order chi connectivity index (χ1) is 5.19. The van der Waals surface area contributed by atoms with Gasteiger partial charge in [-0.3, -0.25) is 0 Å². The average molecular weight is 174 g/mol. The second-order valence-electron chi connectivity index (χ2n) is 3.07. The second-order valence-corrected chi connectivity index (χ2v) is 4.30. The van der Waals surface area contributed by atoms with Crippen molar-refractivity contribution < 1.29 is 4.65 Å². The summed E-state index contributed by atoms with van der Waals surface area (Å²) in [6, 6.07) is 0.0518. The molecular weight excluding hydrogens is 158 g/mol. The van der Waals surface area contributed by atoms with Crippen molar-refractivity contribution in [2.24, 2.45) is 0 Å². The molecule has 1 unspecified atom stereocenters. The second kappa shape index (κ2) is 3.78. The Balaban J connectivity index is 2.49. The third kappa shape index (κ3) is 2.10. The summed E-state index contributed by atoms with van der Waals surface area (Å²) in [6.07, 6.45) is 0.897. The van der Waals surface area contributed by atoms with Gasteiger partial charge in [0, 0.05) is 18.4 Å². The molecule has 1 aliphatic heterocycles. The molecule has 3 heteroatoms. The molecule has 0 bridgehead atoms. The predicted molar refractivity (Wildman–Crippen MR) is 50.1 cm³/mol. The molecule has 1 atom stereocenters. The summed E-state index contributed by atoms with van der Waals surface area (Å²) in [5.74, 6) is 2.02. The Morgan fingerprint density at radius 3 is 2.55 bits per heavy atom. The molecular formula is C8H16NOS. The van der Waals surface area contributed by atoms with E-state index in [-0.39, 0.29) is 10.7 Å². The number of quaternary nitrogens is 1. The van der Waals surface area contributed by atoms with E-state index in [1.165, 1.54) is 0 Å². The molecule has 0 aromatic rings. The number of hydrogen-bond donors (Lipinski definition) is 0. The lowest BCUT2D eigenvalue weighted by Crippen LogP contribution is -2.53. The molecule has 0 amide bonds. The van der Waals surface area contributed by atoms with E-state index in [9.17, 15) is 5.21 Å². The van der Waals surface area contributed by atoms with Gasteiger partial charge in [0.2, 0.25) is 0 Å². The van der Waals surface area contributed by atoms with Crippen LogP contribution in [0.15, 0.2) is 0 Å². The van der Waals surface area contributed by atoms with E-state index in [0.29, 0.717) is 0 Å². The van der Waals surface area contributed by atoms with Gasteiger partial charge in [-0.05, 0) is 6.42 Å². The molecule has 2 nitrogen and oxygen atoms in total. The maximum atomic E-state index is 11.9. The quantitative estimate of drug-likeness (QED) is 0.469. The zero-order valence-corrected chi connectivity index (χ0v) is 7.90. The van der Waals surface area contributed by atoms with E-state index in [2.05, 4.69) is 6.92 Å². The maximum Gasteiger partial charge on any atom is 0.0887 e. The first-order valence-corrected chi connectivity index (χ1v) is 5.33. The minimum absolute atomic E-state index is 0.0518. The highest BCUT2D eigenvalue weighted by Gasteiger charge is 2.25. The van der Waals surface area contributed by atoms with Gasteiger partial charge < -0.3 is 9.85 Å². The van der Waals surface area contributed by atoms with Crippen molar-refractivity contribution in [1.29, 1.82) is 0 Å². The van der Waals surface area contributed by atoms with Crippen LogP contribution in [0.4, 0.5) is 0 Å². The van der Waals surface area contributed by atoms with E-state index >= 15 is 0 Å². The molecule has 1 rings (SSSR count). The molecule has 65 valence electrons. The molecule has 0 aromatic heterocycles. The Bertz CT molecular complexity index is 123. The van der Waals surface area contributed by atoms with E-state index < -0.39 is 0 Å². The number of thioether (sulfide) groups is 1. The van der Waals surface area contributed by atoms with Crippen LogP contribution in [0, 0.1) is 12.1 Å². The largest absolute Gasteiger partial charge is 0.633 e. The third-order valence-corrected chi connectivity index (χ3v) is 3.31. The molecule has 1 aliphatic rings. The fraction of sp³-hybridized carbons (Fsp3) is 0.875. The van der Waals surface area contributed by atoms with Crippen LogP contribution in [0.1, 0.15) is 13.3 Å². The molecule has 0 N–H and O–H groups in total. The summed E-state index contributed by atoms with van der Waals surface area (Å²) < 4.78 is -0.0521. The molecule has 11 heavy (non-hydrogen) atoms. The van der Waals surface area contributed by atoms with Gasteiger partial charge in [0.1, 0.15) is 0 Å².